The van der Waals surface area contributed by atoms with Crippen molar-refractivity contribution in [3.8, 4) is 11.3 Å². The Hall–Kier alpha value is -2.74. The number of furan rings is 1. The Balaban J connectivity index is 1.40. The third-order valence-electron chi connectivity index (χ3n) is 6.65. The van der Waals surface area contributed by atoms with Crippen LogP contribution in [-0.4, -0.2) is 5.91 Å². The second-order valence-corrected chi connectivity index (χ2v) is 11.0. The SMILES string of the molecule is CC(C)(C)[C@H]1CCc2c(sc3c2C(=O)N[C@@H](c2ccc(-c4cccc(C(F)(F)F)c4)o2)N3)C1. The number of fused-ring (bicyclic) bond motifs is 3. The van der Waals surface area contributed by atoms with Gasteiger partial charge < -0.3 is 15.1 Å². The van der Waals surface area contributed by atoms with Crippen LogP contribution in [0.1, 0.15) is 65.5 Å². The molecule has 2 atom stereocenters. The predicted octanol–water partition coefficient (Wildman–Crippen LogP) is 7.03. The van der Waals surface area contributed by atoms with E-state index in [1.165, 1.54) is 10.9 Å². The molecule has 1 amide bonds. The average Bonchev–Trinajstić information content (AvgIpc) is 3.37. The van der Waals surface area contributed by atoms with E-state index >= 15 is 0 Å². The van der Waals surface area contributed by atoms with Crippen LogP contribution in [0.4, 0.5) is 18.2 Å². The molecule has 1 aliphatic carbocycles. The Morgan fingerprint density at radius 2 is 1.88 bits per heavy atom. The standard InChI is InChI=1S/C25H25F3N2O2S/c1-24(2,3)14-7-8-16-19(12-14)33-23-20(16)22(31)29-21(30-23)18-10-9-17(32-18)13-5-4-6-15(11-13)25(26,27)28/h4-6,9-11,14,21,30H,7-8,12H2,1-3H3,(H,29,31)/t14-,21+/m0/s1. The first-order valence-electron chi connectivity index (χ1n) is 11.0. The zero-order chi connectivity index (χ0) is 23.5. The van der Waals surface area contributed by atoms with Crippen LogP contribution in [0.3, 0.4) is 0 Å². The second-order valence-electron chi connectivity index (χ2n) is 9.85. The van der Waals surface area contributed by atoms with Gasteiger partial charge in [0.1, 0.15) is 16.5 Å². The molecule has 8 heteroatoms. The number of anilines is 1. The maximum Gasteiger partial charge on any atom is 0.416 e. The summed E-state index contributed by atoms with van der Waals surface area (Å²) < 4.78 is 45.1. The van der Waals surface area contributed by atoms with E-state index < -0.39 is 17.9 Å². The Morgan fingerprint density at radius 1 is 1.09 bits per heavy atom. The first kappa shape index (κ1) is 22.1. The molecule has 0 bridgehead atoms. The molecule has 0 spiro atoms. The highest BCUT2D eigenvalue weighted by atomic mass is 32.1. The summed E-state index contributed by atoms with van der Waals surface area (Å²) in [6.07, 6.45) is -2.08. The quantitative estimate of drug-likeness (QED) is 0.419. The molecule has 1 aliphatic heterocycles. The molecule has 2 aliphatic rings. The summed E-state index contributed by atoms with van der Waals surface area (Å²) in [4.78, 5) is 14.3. The Kier molecular flexibility index (Phi) is 5.12. The van der Waals surface area contributed by atoms with Crippen molar-refractivity contribution in [2.45, 2.75) is 52.4 Å². The molecule has 33 heavy (non-hydrogen) atoms. The highest BCUT2D eigenvalue weighted by Crippen LogP contribution is 2.46. The molecule has 0 radical (unpaired) electrons. The lowest BCUT2D eigenvalue weighted by atomic mass is 9.72. The third kappa shape index (κ3) is 4.05. The topological polar surface area (TPSA) is 54.3 Å². The highest BCUT2D eigenvalue weighted by Gasteiger charge is 2.37. The van der Waals surface area contributed by atoms with E-state index in [1.54, 1.807) is 29.5 Å². The molecule has 4 nitrogen and oxygen atoms in total. The number of carbonyl (C=O) groups is 1. The van der Waals surface area contributed by atoms with Crippen LogP contribution < -0.4 is 10.6 Å². The van der Waals surface area contributed by atoms with Gasteiger partial charge in [0.25, 0.3) is 5.91 Å². The molecule has 5 rings (SSSR count). The van der Waals surface area contributed by atoms with Crippen molar-refractivity contribution < 1.29 is 22.4 Å². The fourth-order valence-electron chi connectivity index (χ4n) is 4.69. The zero-order valence-electron chi connectivity index (χ0n) is 18.6. The lowest BCUT2D eigenvalue weighted by Gasteiger charge is -2.34. The predicted molar refractivity (Wildman–Crippen MR) is 122 cm³/mol. The number of halogens is 3. The minimum Gasteiger partial charge on any atom is -0.457 e. The number of rotatable bonds is 2. The molecular weight excluding hydrogens is 449 g/mol. The summed E-state index contributed by atoms with van der Waals surface area (Å²) in [7, 11) is 0. The van der Waals surface area contributed by atoms with E-state index in [1.807, 2.05) is 0 Å². The normalized spacial score (nSPS) is 20.6. The monoisotopic (exact) mass is 474 g/mol. The van der Waals surface area contributed by atoms with Gasteiger partial charge in [0.15, 0.2) is 6.17 Å². The molecule has 0 saturated heterocycles. The van der Waals surface area contributed by atoms with Gasteiger partial charge in [-0.05, 0) is 60.4 Å². The third-order valence-corrected chi connectivity index (χ3v) is 7.84. The van der Waals surface area contributed by atoms with E-state index in [9.17, 15) is 18.0 Å². The molecule has 0 fully saturated rings. The minimum atomic E-state index is -4.43. The van der Waals surface area contributed by atoms with Crippen molar-refractivity contribution in [1.29, 1.82) is 0 Å². The summed E-state index contributed by atoms with van der Waals surface area (Å²) in [6.45, 7) is 6.78. The molecule has 0 saturated carbocycles. The number of amides is 1. The number of benzene rings is 1. The molecule has 2 aromatic heterocycles. The van der Waals surface area contributed by atoms with Crippen LogP contribution in [0, 0.1) is 11.3 Å². The van der Waals surface area contributed by atoms with Crippen LogP contribution in [0.2, 0.25) is 0 Å². The summed E-state index contributed by atoms with van der Waals surface area (Å²) in [5.41, 5.74) is 1.68. The average molecular weight is 475 g/mol. The van der Waals surface area contributed by atoms with Crippen LogP contribution in [0.25, 0.3) is 11.3 Å². The fourth-order valence-corrected chi connectivity index (χ4v) is 6.04. The van der Waals surface area contributed by atoms with Crippen molar-refractivity contribution >= 4 is 22.2 Å². The number of carbonyl (C=O) groups excluding carboxylic acids is 1. The summed E-state index contributed by atoms with van der Waals surface area (Å²) in [5.74, 6) is 1.19. The number of nitrogens with one attached hydrogen (secondary N) is 2. The molecule has 3 aromatic rings. The maximum absolute atomic E-state index is 13.1. The lowest BCUT2D eigenvalue weighted by molar-refractivity contribution is -0.137. The van der Waals surface area contributed by atoms with Crippen molar-refractivity contribution in [3.05, 3.63) is 63.7 Å². The summed E-state index contributed by atoms with van der Waals surface area (Å²) in [6, 6.07) is 8.33. The minimum absolute atomic E-state index is 0.141. The van der Waals surface area contributed by atoms with E-state index in [2.05, 4.69) is 31.4 Å². The Morgan fingerprint density at radius 3 is 2.61 bits per heavy atom. The van der Waals surface area contributed by atoms with E-state index in [4.69, 9.17) is 4.42 Å². The Bertz CT molecular complexity index is 1220. The first-order chi connectivity index (χ1) is 15.5. The highest BCUT2D eigenvalue weighted by molar-refractivity contribution is 7.16. The van der Waals surface area contributed by atoms with E-state index in [0.717, 1.165) is 47.5 Å². The Labute approximate surface area is 194 Å². The van der Waals surface area contributed by atoms with Crippen LogP contribution in [-0.2, 0) is 19.0 Å². The van der Waals surface area contributed by atoms with Gasteiger partial charge in [-0.3, -0.25) is 4.79 Å². The molecule has 0 unspecified atom stereocenters. The van der Waals surface area contributed by atoms with Gasteiger partial charge in [0.2, 0.25) is 0 Å². The lowest BCUT2D eigenvalue weighted by Crippen LogP contribution is -2.38. The van der Waals surface area contributed by atoms with Crippen LogP contribution in [0.5, 0.6) is 0 Å². The number of hydrogen-bond acceptors (Lipinski definition) is 4. The van der Waals surface area contributed by atoms with Gasteiger partial charge in [-0.25, -0.2) is 0 Å². The van der Waals surface area contributed by atoms with Crippen molar-refractivity contribution in [3.63, 3.8) is 0 Å². The molecule has 1 aromatic carbocycles. The summed E-state index contributed by atoms with van der Waals surface area (Å²) in [5, 5.41) is 7.15. The molecule has 3 heterocycles. The number of thiophene rings is 1. The van der Waals surface area contributed by atoms with Gasteiger partial charge in [-0.1, -0.05) is 32.9 Å². The van der Waals surface area contributed by atoms with E-state index in [0.29, 0.717) is 23.0 Å². The van der Waals surface area contributed by atoms with Crippen molar-refractivity contribution in [2.75, 3.05) is 5.32 Å². The van der Waals surface area contributed by atoms with Gasteiger partial charge in [0.05, 0.1) is 11.1 Å². The van der Waals surface area contributed by atoms with Crippen molar-refractivity contribution in [2.24, 2.45) is 11.3 Å². The van der Waals surface area contributed by atoms with E-state index in [-0.39, 0.29) is 11.3 Å². The molecular formula is C25H25F3N2O2S. The largest absolute Gasteiger partial charge is 0.457 e. The van der Waals surface area contributed by atoms with Gasteiger partial charge in [0, 0.05) is 10.4 Å². The number of alkyl halides is 3. The number of hydrogen-bond donors (Lipinski definition) is 2. The van der Waals surface area contributed by atoms with Crippen molar-refractivity contribution in [1.82, 2.24) is 5.32 Å². The zero-order valence-corrected chi connectivity index (χ0v) is 19.4. The van der Waals surface area contributed by atoms with Gasteiger partial charge >= 0.3 is 6.18 Å². The fraction of sp³-hybridized carbons (Fsp3) is 0.400. The van der Waals surface area contributed by atoms with Gasteiger partial charge in [-0.15, -0.1) is 11.3 Å². The maximum atomic E-state index is 13.1. The van der Waals surface area contributed by atoms with Crippen LogP contribution >= 0.6 is 11.3 Å². The smallest absolute Gasteiger partial charge is 0.416 e. The summed E-state index contributed by atoms with van der Waals surface area (Å²) >= 11 is 1.63. The molecule has 174 valence electrons. The molecule has 2 N–H and O–H groups in total. The van der Waals surface area contributed by atoms with Crippen LogP contribution in [0.15, 0.2) is 40.8 Å². The second kappa shape index (κ2) is 7.65. The van der Waals surface area contributed by atoms with Gasteiger partial charge in [-0.2, -0.15) is 13.2 Å². The first-order valence-corrected chi connectivity index (χ1v) is 11.8.